The van der Waals surface area contributed by atoms with Crippen LogP contribution in [-0.4, -0.2) is 90.0 Å². The van der Waals surface area contributed by atoms with E-state index in [1.165, 1.54) is 7.11 Å². The van der Waals surface area contributed by atoms with Crippen LogP contribution in [0.4, 0.5) is 0 Å². The predicted molar refractivity (Wildman–Crippen MR) is 108 cm³/mol. The van der Waals surface area contributed by atoms with E-state index in [2.05, 4.69) is 24.2 Å². The Balaban J connectivity index is 1.60. The minimum atomic E-state index is -1.03. The zero-order valence-corrected chi connectivity index (χ0v) is 18.5. The van der Waals surface area contributed by atoms with Gasteiger partial charge in [0.25, 0.3) is 0 Å². The highest BCUT2D eigenvalue weighted by molar-refractivity contribution is 4.92. The van der Waals surface area contributed by atoms with Gasteiger partial charge >= 0.3 is 0 Å². The number of ether oxygens (including phenoxy) is 5. The van der Waals surface area contributed by atoms with Gasteiger partial charge in [-0.3, -0.25) is 0 Å². The molecule has 1 fully saturated rings. The van der Waals surface area contributed by atoms with Crippen molar-refractivity contribution < 1.29 is 33.9 Å². The molecular formula is C20H37N3O7. The lowest BCUT2D eigenvalue weighted by Crippen LogP contribution is -2.55. The van der Waals surface area contributed by atoms with Gasteiger partial charge < -0.3 is 33.9 Å². The van der Waals surface area contributed by atoms with Gasteiger partial charge in [0.1, 0.15) is 17.9 Å². The lowest BCUT2D eigenvalue weighted by Gasteiger charge is -2.40. The van der Waals surface area contributed by atoms with E-state index in [0.717, 1.165) is 13.0 Å². The number of aliphatic hydroxyl groups is 2. The van der Waals surface area contributed by atoms with E-state index < -0.39 is 24.6 Å². The van der Waals surface area contributed by atoms with Crippen LogP contribution in [0.1, 0.15) is 32.9 Å². The maximum absolute atomic E-state index is 10.3. The summed E-state index contributed by atoms with van der Waals surface area (Å²) in [5.74, 6) is 0.324. The Bertz CT molecular complexity index is 585. The first-order valence-electron chi connectivity index (χ1n) is 10.6. The molecule has 0 saturated carbocycles. The molecule has 2 N–H and O–H groups in total. The Kier molecular flexibility index (Phi) is 11.1. The molecule has 0 bridgehead atoms. The molecule has 0 unspecified atom stereocenters. The molecule has 1 saturated heterocycles. The largest absolute Gasteiger partial charge is 0.390 e. The molecule has 0 aliphatic carbocycles. The van der Waals surface area contributed by atoms with Crippen LogP contribution in [0, 0.1) is 11.8 Å². The van der Waals surface area contributed by atoms with Crippen LogP contribution in [0.25, 0.3) is 0 Å². The van der Waals surface area contributed by atoms with Gasteiger partial charge in [-0.25, -0.2) is 4.68 Å². The maximum Gasteiger partial charge on any atom is 0.162 e. The third-order valence-electron chi connectivity index (χ3n) is 5.03. The number of rotatable bonds is 14. The summed E-state index contributed by atoms with van der Waals surface area (Å²) in [5.41, 5.74) is 0.662. The molecular weight excluding hydrogens is 394 g/mol. The van der Waals surface area contributed by atoms with Crippen molar-refractivity contribution >= 4 is 0 Å². The van der Waals surface area contributed by atoms with E-state index in [1.807, 2.05) is 0 Å². The second-order valence-electron chi connectivity index (χ2n) is 8.01. The highest BCUT2D eigenvalue weighted by Crippen LogP contribution is 2.27. The van der Waals surface area contributed by atoms with E-state index in [9.17, 15) is 10.2 Å². The van der Waals surface area contributed by atoms with Gasteiger partial charge in [-0.1, -0.05) is 26.0 Å². The summed E-state index contributed by atoms with van der Waals surface area (Å²) in [6.45, 7) is 9.51. The highest BCUT2D eigenvalue weighted by atomic mass is 16.7. The fourth-order valence-electron chi connectivity index (χ4n) is 3.10. The lowest BCUT2D eigenvalue weighted by atomic mass is 9.92. The van der Waals surface area contributed by atoms with Crippen LogP contribution in [0.2, 0.25) is 0 Å². The van der Waals surface area contributed by atoms with Gasteiger partial charge in [-0.05, 0) is 12.3 Å². The Morgan fingerprint density at radius 3 is 2.40 bits per heavy atom. The topological polar surface area (TPSA) is 117 Å². The fourth-order valence-corrected chi connectivity index (χ4v) is 3.10. The molecule has 10 heteroatoms. The normalized spacial score (nSPS) is 27.1. The molecule has 1 aliphatic rings. The Morgan fingerprint density at radius 2 is 1.73 bits per heavy atom. The van der Waals surface area contributed by atoms with Crippen molar-refractivity contribution in [1.82, 2.24) is 15.0 Å². The van der Waals surface area contributed by atoms with E-state index in [4.69, 9.17) is 23.7 Å². The minimum absolute atomic E-state index is 0.248. The van der Waals surface area contributed by atoms with Crippen LogP contribution in [0.15, 0.2) is 6.20 Å². The number of methoxy groups -OCH3 is 1. The van der Waals surface area contributed by atoms with Crippen LogP contribution in [0.3, 0.4) is 0 Å². The predicted octanol–water partition coefficient (Wildman–Crippen LogP) is 0.603. The van der Waals surface area contributed by atoms with Crippen molar-refractivity contribution in [2.75, 3.05) is 40.1 Å². The van der Waals surface area contributed by atoms with Crippen LogP contribution < -0.4 is 0 Å². The van der Waals surface area contributed by atoms with Gasteiger partial charge in [0.2, 0.25) is 0 Å². The minimum Gasteiger partial charge on any atom is -0.390 e. The summed E-state index contributed by atoms with van der Waals surface area (Å²) < 4.78 is 29.0. The molecule has 0 aromatic carbocycles. The fraction of sp³-hybridized carbons (Fsp3) is 0.900. The number of aromatic nitrogens is 3. The van der Waals surface area contributed by atoms with Crippen molar-refractivity contribution in [1.29, 1.82) is 0 Å². The van der Waals surface area contributed by atoms with E-state index in [-0.39, 0.29) is 12.5 Å². The number of hydrogen-bond acceptors (Lipinski definition) is 9. The highest BCUT2D eigenvalue weighted by Gasteiger charge is 2.42. The maximum atomic E-state index is 10.3. The van der Waals surface area contributed by atoms with Crippen LogP contribution in [-0.2, 0) is 36.8 Å². The van der Waals surface area contributed by atoms with E-state index in [1.54, 1.807) is 17.8 Å². The molecule has 0 amide bonds. The standard InChI is InChI=1S/C20H37N3O7/c1-14(2)5-6-27-7-8-28-9-10-29-13-16-11-23(22-21-16)12-17-19(25)18(24)15(3)20(26-4)30-17/h11,14-15,17-20,24-25H,5-10,12-13H2,1-4H3/t15-,17-,18-,19-,20+/m1/s1. The summed E-state index contributed by atoms with van der Waals surface area (Å²) in [4.78, 5) is 0. The first-order chi connectivity index (χ1) is 14.4. The molecule has 0 radical (unpaired) electrons. The zero-order chi connectivity index (χ0) is 21.9. The summed E-state index contributed by atoms with van der Waals surface area (Å²) in [5, 5.41) is 28.5. The molecule has 1 aromatic rings. The molecule has 174 valence electrons. The second-order valence-corrected chi connectivity index (χ2v) is 8.01. The quantitative estimate of drug-likeness (QED) is 0.408. The second kappa shape index (κ2) is 13.3. The number of aliphatic hydroxyl groups excluding tert-OH is 2. The van der Waals surface area contributed by atoms with Crippen molar-refractivity contribution in [3.63, 3.8) is 0 Å². The van der Waals surface area contributed by atoms with E-state index in [0.29, 0.717) is 44.6 Å². The number of hydrogen-bond donors (Lipinski definition) is 2. The van der Waals surface area contributed by atoms with E-state index >= 15 is 0 Å². The molecule has 2 heterocycles. The third kappa shape index (κ3) is 8.18. The van der Waals surface area contributed by atoms with Gasteiger partial charge in [0.05, 0.1) is 51.9 Å². The monoisotopic (exact) mass is 431 g/mol. The zero-order valence-electron chi connectivity index (χ0n) is 18.5. The van der Waals surface area contributed by atoms with Crippen molar-refractivity contribution in [3.05, 3.63) is 11.9 Å². The summed E-state index contributed by atoms with van der Waals surface area (Å²) in [6.07, 6.45) is -0.399. The SMILES string of the molecule is CO[C@H]1O[C@H](Cn2cc(COCCOCCOCCC(C)C)nn2)[C@@H](O)[C@H](O)[C@H]1C. The molecule has 1 aromatic heterocycles. The Morgan fingerprint density at radius 1 is 1.07 bits per heavy atom. The summed E-state index contributed by atoms with van der Waals surface area (Å²) in [7, 11) is 1.51. The average molecular weight is 432 g/mol. The van der Waals surface area contributed by atoms with Gasteiger partial charge in [0, 0.05) is 19.6 Å². The molecule has 5 atom stereocenters. The molecule has 10 nitrogen and oxygen atoms in total. The van der Waals surface area contributed by atoms with Crippen LogP contribution in [0.5, 0.6) is 0 Å². The summed E-state index contributed by atoms with van der Waals surface area (Å²) >= 11 is 0. The number of nitrogens with zero attached hydrogens (tertiary/aromatic N) is 3. The average Bonchev–Trinajstić information content (AvgIpc) is 3.16. The first-order valence-corrected chi connectivity index (χ1v) is 10.6. The molecule has 2 rings (SSSR count). The van der Waals surface area contributed by atoms with Gasteiger partial charge in [-0.2, -0.15) is 0 Å². The molecule has 1 aliphatic heterocycles. The molecule has 30 heavy (non-hydrogen) atoms. The van der Waals surface area contributed by atoms with Crippen molar-refractivity contribution in [2.24, 2.45) is 11.8 Å². The molecule has 0 spiro atoms. The first kappa shape index (κ1) is 25.1. The Hall–Kier alpha value is -1.14. The van der Waals surface area contributed by atoms with Crippen molar-refractivity contribution in [2.45, 2.75) is 64.9 Å². The van der Waals surface area contributed by atoms with Gasteiger partial charge in [0.15, 0.2) is 6.29 Å². The summed E-state index contributed by atoms with van der Waals surface area (Å²) in [6, 6.07) is 0. The van der Waals surface area contributed by atoms with Gasteiger partial charge in [-0.15, -0.1) is 5.10 Å². The van der Waals surface area contributed by atoms with Crippen molar-refractivity contribution in [3.8, 4) is 0 Å². The smallest absolute Gasteiger partial charge is 0.162 e. The van der Waals surface area contributed by atoms with Crippen LogP contribution >= 0.6 is 0 Å². The lowest BCUT2D eigenvalue weighted by molar-refractivity contribution is -0.272. The Labute approximate surface area is 178 Å². The third-order valence-corrected chi connectivity index (χ3v) is 5.03.